The minimum atomic E-state index is -3.45. The van der Waals surface area contributed by atoms with Gasteiger partial charge in [0.25, 0.3) is 0 Å². The molecule has 1 atom stereocenters. The molecule has 0 spiro atoms. The number of alkyl halides is 1. The van der Waals surface area contributed by atoms with Gasteiger partial charge in [-0.1, -0.05) is 38.8 Å². The van der Waals surface area contributed by atoms with E-state index in [1.54, 1.807) is 18.2 Å². The number of benzene rings is 1. The Morgan fingerprint density at radius 1 is 1.33 bits per heavy atom. The molecule has 0 saturated carbocycles. The molecule has 0 fully saturated rings. The first kappa shape index (κ1) is 16.6. The fraction of sp³-hybridized carbons (Fsp3) is 0.455. The Hall–Kier alpha value is 0.570. The Kier molecular flexibility index (Phi) is 6.81. The van der Waals surface area contributed by atoms with Gasteiger partial charge in [-0.2, -0.15) is 0 Å². The van der Waals surface area contributed by atoms with E-state index in [4.69, 9.17) is 0 Å². The lowest BCUT2D eigenvalue weighted by molar-refractivity contribution is 0.576. The third-order valence-corrected chi connectivity index (χ3v) is 5.66. The van der Waals surface area contributed by atoms with E-state index >= 15 is 0 Å². The second kappa shape index (κ2) is 7.38. The molecule has 0 aliphatic heterocycles. The largest absolute Gasteiger partial charge is 0.241 e. The molecule has 3 nitrogen and oxygen atoms in total. The van der Waals surface area contributed by atoms with Crippen LogP contribution >= 0.6 is 47.8 Å². The highest BCUT2D eigenvalue weighted by atomic mass is 79.9. The topological polar surface area (TPSA) is 46.2 Å². The minimum Gasteiger partial charge on any atom is -0.211 e. The predicted octanol–water partition coefficient (Wildman–Crippen LogP) is 4.05. The van der Waals surface area contributed by atoms with Crippen LogP contribution in [0.4, 0.5) is 0 Å². The van der Waals surface area contributed by atoms with Crippen molar-refractivity contribution in [3.63, 3.8) is 0 Å². The molecule has 18 heavy (non-hydrogen) atoms. The van der Waals surface area contributed by atoms with E-state index in [2.05, 4.69) is 52.5 Å². The summed E-state index contributed by atoms with van der Waals surface area (Å²) in [4.78, 5) is 0.656. The molecule has 0 aliphatic rings. The Labute approximate surface area is 133 Å². The first-order valence-electron chi connectivity index (χ1n) is 5.41. The Morgan fingerprint density at radius 3 is 2.61 bits per heavy atom. The Balaban J connectivity index is 2.71. The molecule has 102 valence electrons. The quantitative estimate of drug-likeness (QED) is 0.511. The van der Waals surface area contributed by atoms with Crippen molar-refractivity contribution >= 4 is 57.8 Å². The lowest BCUT2D eigenvalue weighted by Gasteiger charge is -2.09. The average Bonchev–Trinajstić information content (AvgIpc) is 2.27. The van der Waals surface area contributed by atoms with Crippen LogP contribution in [0, 0.1) is 0 Å². The summed E-state index contributed by atoms with van der Waals surface area (Å²) < 4.78 is 28.1. The number of halogens is 3. The number of nitrogens with one attached hydrogen (secondary N) is 1. The molecule has 1 unspecified atom stereocenters. The smallest absolute Gasteiger partial charge is 0.211 e. The number of hydrogen-bond acceptors (Lipinski definition) is 2. The summed E-state index contributed by atoms with van der Waals surface area (Å²) in [5.74, 6) is 0. The van der Waals surface area contributed by atoms with Gasteiger partial charge in [0.1, 0.15) is 0 Å². The Morgan fingerprint density at radius 2 is 2.00 bits per heavy atom. The van der Waals surface area contributed by atoms with Crippen molar-refractivity contribution < 1.29 is 8.42 Å². The van der Waals surface area contributed by atoms with Gasteiger partial charge in [0.2, 0.25) is 10.0 Å². The summed E-state index contributed by atoms with van der Waals surface area (Å²) in [7, 11) is -3.45. The van der Waals surface area contributed by atoms with Gasteiger partial charge in [-0.05, 0) is 47.0 Å². The van der Waals surface area contributed by atoms with Crippen LogP contribution in [0.15, 0.2) is 32.0 Å². The van der Waals surface area contributed by atoms with E-state index in [0.717, 1.165) is 17.3 Å². The zero-order valence-corrected chi connectivity index (χ0v) is 15.4. The summed E-state index contributed by atoms with van der Waals surface area (Å²) in [5.41, 5.74) is 0. The zero-order chi connectivity index (χ0) is 13.8. The van der Waals surface area contributed by atoms with Crippen molar-refractivity contribution in [2.45, 2.75) is 29.5 Å². The van der Waals surface area contributed by atoms with Crippen LogP contribution in [-0.2, 0) is 10.0 Å². The van der Waals surface area contributed by atoms with E-state index in [1.165, 1.54) is 0 Å². The summed E-state index contributed by atoms with van der Waals surface area (Å²) in [5, 5.41) is 0. The molecule has 1 aromatic carbocycles. The molecule has 0 amide bonds. The van der Waals surface area contributed by atoms with Gasteiger partial charge in [-0.25, -0.2) is 13.1 Å². The second-order valence-corrected chi connectivity index (χ2v) is 8.96. The number of rotatable bonds is 6. The monoisotopic (exact) mass is 461 g/mol. The summed E-state index contributed by atoms with van der Waals surface area (Å²) in [6.07, 6.45) is 1.74. The van der Waals surface area contributed by atoms with Crippen molar-refractivity contribution in [3.05, 3.63) is 27.1 Å². The third-order valence-electron chi connectivity index (χ3n) is 2.25. The third kappa shape index (κ3) is 5.28. The number of hydrogen-bond donors (Lipinski definition) is 1. The lowest BCUT2D eigenvalue weighted by atomic mass is 10.2. The van der Waals surface area contributed by atoms with Crippen LogP contribution in [0.1, 0.15) is 19.8 Å². The maximum absolute atomic E-state index is 12.1. The van der Waals surface area contributed by atoms with E-state index in [0.29, 0.717) is 15.8 Å². The summed E-state index contributed by atoms with van der Waals surface area (Å²) >= 11 is 9.95. The van der Waals surface area contributed by atoms with Gasteiger partial charge >= 0.3 is 0 Å². The van der Waals surface area contributed by atoms with Crippen LogP contribution < -0.4 is 4.72 Å². The standard InChI is InChI=1S/C11H14Br3NO2S/c1-8(12)3-2-6-15-18(16,17)11-7-9(13)4-5-10(11)14/h4-5,7-8,15H,2-3,6H2,1H3. The van der Waals surface area contributed by atoms with Crippen molar-refractivity contribution in [1.29, 1.82) is 0 Å². The van der Waals surface area contributed by atoms with Crippen LogP contribution in [0.3, 0.4) is 0 Å². The molecular formula is C11H14Br3NO2S. The SMILES string of the molecule is CC(Br)CCCNS(=O)(=O)c1cc(Br)ccc1Br. The van der Waals surface area contributed by atoms with Crippen molar-refractivity contribution in [2.75, 3.05) is 6.54 Å². The molecule has 1 rings (SSSR count). The second-order valence-electron chi connectivity index (χ2n) is 3.90. The van der Waals surface area contributed by atoms with Crippen LogP contribution in [0.25, 0.3) is 0 Å². The van der Waals surface area contributed by atoms with Gasteiger partial charge in [0.05, 0.1) is 4.90 Å². The van der Waals surface area contributed by atoms with Gasteiger partial charge in [-0.3, -0.25) is 0 Å². The molecule has 1 aromatic rings. The number of sulfonamides is 1. The maximum atomic E-state index is 12.1. The predicted molar refractivity (Wildman–Crippen MR) is 84.7 cm³/mol. The fourth-order valence-electron chi connectivity index (χ4n) is 1.35. The zero-order valence-electron chi connectivity index (χ0n) is 9.79. The molecule has 0 aliphatic carbocycles. The average molecular weight is 464 g/mol. The van der Waals surface area contributed by atoms with Crippen LogP contribution in [0.5, 0.6) is 0 Å². The highest BCUT2D eigenvalue weighted by Crippen LogP contribution is 2.25. The van der Waals surface area contributed by atoms with Gasteiger partial charge in [0.15, 0.2) is 0 Å². The fourth-order valence-corrected chi connectivity index (χ4v) is 4.25. The summed E-state index contributed by atoms with van der Waals surface area (Å²) in [6.45, 7) is 2.48. The van der Waals surface area contributed by atoms with E-state index in [9.17, 15) is 8.42 Å². The molecule has 7 heteroatoms. The van der Waals surface area contributed by atoms with Gasteiger partial charge < -0.3 is 0 Å². The van der Waals surface area contributed by atoms with E-state index in [1.807, 2.05) is 6.92 Å². The normalized spacial score (nSPS) is 13.6. The minimum absolute atomic E-state index is 0.253. The maximum Gasteiger partial charge on any atom is 0.241 e. The summed E-state index contributed by atoms with van der Waals surface area (Å²) in [6, 6.07) is 5.08. The van der Waals surface area contributed by atoms with Crippen molar-refractivity contribution in [2.24, 2.45) is 0 Å². The molecule has 1 N–H and O–H groups in total. The molecule has 0 radical (unpaired) electrons. The lowest BCUT2D eigenvalue weighted by Crippen LogP contribution is -2.25. The molecule has 0 saturated heterocycles. The van der Waals surface area contributed by atoms with Crippen molar-refractivity contribution in [3.8, 4) is 0 Å². The van der Waals surface area contributed by atoms with Crippen molar-refractivity contribution in [1.82, 2.24) is 4.72 Å². The highest BCUT2D eigenvalue weighted by Gasteiger charge is 2.17. The van der Waals surface area contributed by atoms with Crippen LogP contribution in [-0.4, -0.2) is 19.8 Å². The molecule has 0 aromatic heterocycles. The van der Waals surface area contributed by atoms with E-state index in [-0.39, 0.29) is 4.90 Å². The molecule has 0 bridgehead atoms. The highest BCUT2D eigenvalue weighted by molar-refractivity contribution is 9.11. The molecular weight excluding hydrogens is 450 g/mol. The van der Waals surface area contributed by atoms with E-state index < -0.39 is 10.0 Å². The first-order chi connectivity index (χ1) is 8.33. The first-order valence-corrected chi connectivity index (χ1v) is 9.40. The Bertz CT molecular complexity index is 503. The van der Waals surface area contributed by atoms with Gasteiger partial charge in [-0.15, -0.1) is 0 Å². The van der Waals surface area contributed by atoms with Gasteiger partial charge in [0, 0.05) is 20.3 Å². The molecule has 0 heterocycles. The van der Waals surface area contributed by atoms with Crippen LogP contribution in [0.2, 0.25) is 0 Å².